The first-order valence-electron chi connectivity index (χ1n) is 9.03. The first-order valence-corrected chi connectivity index (χ1v) is 9.03. The smallest absolute Gasteiger partial charge is 0.243 e. The summed E-state index contributed by atoms with van der Waals surface area (Å²) in [5.41, 5.74) is 1.57. The molecule has 5 nitrogen and oxygen atoms in total. The van der Waals surface area contributed by atoms with Crippen LogP contribution in [0.5, 0.6) is 0 Å². The summed E-state index contributed by atoms with van der Waals surface area (Å²) in [6.07, 6.45) is 0. The number of halogens is 1. The van der Waals surface area contributed by atoms with Crippen LogP contribution in [-0.4, -0.2) is 50.1 Å². The van der Waals surface area contributed by atoms with E-state index in [0.717, 1.165) is 5.69 Å². The molecule has 2 aromatic carbocycles. The average molecular weight is 366 g/mol. The van der Waals surface area contributed by atoms with E-state index in [1.807, 2.05) is 48.2 Å². The number of rotatable bonds is 4. The van der Waals surface area contributed by atoms with Crippen molar-refractivity contribution >= 4 is 17.3 Å². The van der Waals surface area contributed by atoms with Crippen LogP contribution in [0.15, 0.2) is 48.5 Å². The molecule has 140 valence electrons. The van der Waals surface area contributed by atoms with Gasteiger partial charge in [0, 0.05) is 38.9 Å². The Hall–Kier alpha value is -2.91. The molecule has 6 heteroatoms. The molecule has 0 saturated carbocycles. The summed E-state index contributed by atoms with van der Waals surface area (Å²) < 4.78 is 13.9. The number of piperazine rings is 1. The van der Waals surface area contributed by atoms with E-state index in [9.17, 15) is 14.4 Å². The van der Waals surface area contributed by atoms with Crippen LogP contribution in [-0.2, 0) is 4.79 Å². The van der Waals surface area contributed by atoms with Crippen molar-refractivity contribution in [2.75, 3.05) is 43.0 Å². The van der Waals surface area contributed by atoms with Crippen LogP contribution in [0, 0.1) is 17.1 Å². The van der Waals surface area contributed by atoms with Gasteiger partial charge in [0.2, 0.25) is 5.91 Å². The second-order valence-corrected chi connectivity index (χ2v) is 6.68. The van der Waals surface area contributed by atoms with Crippen molar-refractivity contribution in [1.82, 2.24) is 4.90 Å². The molecular formula is C21H23FN4O. The van der Waals surface area contributed by atoms with Crippen molar-refractivity contribution in [3.8, 4) is 6.07 Å². The number of amides is 1. The molecule has 0 bridgehead atoms. The van der Waals surface area contributed by atoms with Crippen molar-refractivity contribution in [3.05, 3.63) is 59.9 Å². The fourth-order valence-corrected chi connectivity index (χ4v) is 3.45. The Kier molecular flexibility index (Phi) is 5.72. The minimum atomic E-state index is -0.495. The summed E-state index contributed by atoms with van der Waals surface area (Å²) in [5.74, 6) is -0.455. The third-order valence-electron chi connectivity index (χ3n) is 5.14. The van der Waals surface area contributed by atoms with Gasteiger partial charge in [-0.25, -0.2) is 4.39 Å². The van der Waals surface area contributed by atoms with Crippen LogP contribution in [0.4, 0.5) is 15.8 Å². The predicted molar refractivity (Wildman–Crippen MR) is 104 cm³/mol. The van der Waals surface area contributed by atoms with Crippen LogP contribution in [0.25, 0.3) is 0 Å². The van der Waals surface area contributed by atoms with Crippen molar-refractivity contribution in [3.63, 3.8) is 0 Å². The standard InChI is InChI=1S/C21H23FN4O/c1-16(21(27)24(2)17-7-4-3-5-8-17)25-11-13-26(14-12-25)20-10-6-9-19(22)18(20)15-23/h3-10,16H,11-14H2,1-2H3. The lowest BCUT2D eigenvalue weighted by molar-refractivity contribution is -0.123. The Morgan fingerprint density at radius 3 is 2.41 bits per heavy atom. The van der Waals surface area contributed by atoms with E-state index in [-0.39, 0.29) is 17.5 Å². The fourth-order valence-electron chi connectivity index (χ4n) is 3.45. The number of hydrogen-bond donors (Lipinski definition) is 0. The van der Waals surface area contributed by atoms with Crippen LogP contribution in [0.1, 0.15) is 12.5 Å². The van der Waals surface area contributed by atoms with Crippen LogP contribution >= 0.6 is 0 Å². The highest BCUT2D eigenvalue weighted by molar-refractivity contribution is 5.96. The summed E-state index contributed by atoms with van der Waals surface area (Å²) in [5, 5.41) is 9.23. The summed E-state index contributed by atoms with van der Waals surface area (Å²) >= 11 is 0. The van der Waals surface area contributed by atoms with Gasteiger partial charge in [-0.05, 0) is 31.2 Å². The molecule has 1 fully saturated rings. The maximum atomic E-state index is 13.9. The Morgan fingerprint density at radius 1 is 1.11 bits per heavy atom. The number of anilines is 2. The van der Waals surface area contributed by atoms with Crippen molar-refractivity contribution < 1.29 is 9.18 Å². The normalized spacial score (nSPS) is 15.9. The highest BCUT2D eigenvalue weighted by atomic mass is 19.1. The Bertz CT molecular complexity index is 841. The molecule has 1 saturated heterocycles. The van der Waals surface area contributed by atoms with Gasteiger partial charge in [-0.3, -0.25) is 9.69 Å². The van der Waals surface area contributed by atoms with Gasteiger partial charge >= 0.3 is 0 Å². The summed E-state index contributed by atoms with van der Waals surface area (Å²) in [4.78, 5) is 18.6. The second-order valence-electron chi connectivity index (χ2n) is 6.68. The highest BCUT2D eigenvalue weighted by Gasteiger charge is 2.29. The minimum Gasteiger partial charge on any atom is -0.368 e. The van der Waals surface area contributed by atoms with Crippen molar-refractivity contribution in [2.45, 2.75) is 13.0 Å². The molecule has 2 aromatic rings. The molecule has 1 aliphatic heterocycles. The van der Waals surface area contributed by atoms with Crippen LogP contribution in [0.2, 0.25) is 0 Å². The molecule has 3 rings (SSSR count). The summed E-state index contributed by atoms with van der Waals surface area (Å²) in [6, 6.07) is 16.0. The van der Waals surface area contributed by atoms with E-state index in [0.29, 0.717) is 31.9 Å². The van der Waals surface area contributed by atoms with Gasteiger partial charge < -0.3 is 9.80 Å². The van der Waals surface area contributed by atoms with Gasteiger partial charge in [0.05, 0.1) is 11.7 Å². The molecule has 1 amide bonds. The van der Waals surface area contributed by atoms with Crippen molar-refractivity contribution in [1.29, 1.82) is 5.26 Å². The number of nitriles is 1. The number of likely N-dealkylation sites (N-methyl/N-ethyl adjacent to an activating group) is 1. The van der Waals surface area contributed by atoms with Gasteiger partial charge in [0.15, 0.2) is 0 Å². The van der Waals surface area contributed by atoms with E-state index in [1.165, 1.54) is 6.07 Å². The lowest BCUT2D eigenvalue weighted by atomic mass is 10.1. The second kappa shape index (κ2) is 8.19. The van der Waals surface area contributed by atoms with Gasteiger partial charge in [0.25, 0.3) is 0 Å². The highest BCUT2D eigenvalue weighted by Crippen LogP contribution is 2.24. The third-order valence-corrected chi connectivity index (χ3v) is 5.14. The molecule has 1 aliphatic rings. The zero-order valence-electron chi connectivity index (χ0n) is 15.6. The number of carbonyl (C=O) groups is 1. The van der Waals surface area contributed by atoms with Gasteiger partial charge in [0.1, 0.15) is 17.4 Å². The summed E-state index contributed by atoms with van der Waals surface area (Å²) in [6.45, 7) is 4.56. The zero-order valence-corrected chi connectivity index (χ0v) is 15.6. The number of carbonyl (C=O) groups excluding carboxylic acids is 1. The molecule has 1 atom stereocenters. The number of benzene rings is 2. The lowest BCUT2D eigenvalue weighted by Gasteiger charge is -2.39. The van der Waals surface area contributed by atoms with Gasteiger partial charge in [-0.2, -0.15) is 5.26 Å². The van der Waals surface area contributed by atoms with Crippen LogP contribution in [0.3, 0.4) is 0 Å². The van der Waals surface area contributed by atoms with E-state index in [2.05, 4.69) is 4.90 Å². The van der Waals surface area contributed by atoms with Gasteiger partial charge in [-0.15, -0.1) is 0 Å². The number of hydrogen-bond acceptors (Lipinski definition) is 4. The average Bonchev–Trinajstić information content (AvgIpc) is 2.72. The first-order chi connectivity index (χ1) is 13.0. The topological polar surface area (TPSA) is 50.6 Å². The molecule has 0 aromatic heterocycles. The molecule has 0 N–H and O–H groups in total. The third kappa shape index (κ3) is 3.93. The van der Waals surface area contributed by atoms with Crippen molar-refractivity contribution in [2.24, 2.45) is 0 Å². The van der Waals surface area contributed by atoms with E-state index in [4.69, 9.17) is 0 Å². The summed E-state index contributed by atoms with van der Waals surface area (Å²) in [7, 11) is 1.79. The molecule has 0 radical (unpaired) electrons. The number of para-hydroxylation sites is 1. The van der Waals surface area contributed by atoms with Crippen LogP contribution < -0.4 is 9.80 Å². The molecule has 1 heterocycles. The largest absolute Gasteiger partial charge is 0.368 e. The lowest BCUT2D eigenvalue weighted by Crippen LogP contribution is -2.54. The zero-order chi connectivity index (χ0) is 19.4. The van der Waals surface area contributed by atoms with Gasteiger partial charge in [-0.1, -0.05) is 24.3 Å². The maximum Gasteiger partial charge on any atom is 0.243 e. The Labute approximate surface area is 159 Å². The first kappa shape index (κ1) is 18.9. The molecule has 0 aliphatic carbocycles. The fraction of sp³-hybridized carbons (Fsp3) is 0.333. The van der Waals surface area contributed by atoms with E-state index >= 15 is 0 Å². The number of nitrogens with zero attached hydrogens (tertiary/aromatic N) is 4. The van der Waals surface area contributed by atoms with E-state index in [1.54, 1.807) is 24.1 Å². The van der Waals surface area contributed by atoms with E-state index < -0.39 is 5.82 Å². The monoisotopic (exact) mass is 366 g/mol. The maximum absolute atomic E-state index is 13.9. The minimum absolute atomic E-state index is 0.0399. The molecule has 1 unspecified atom stereocenters. The molecule has 27 heavy (non-hydrogen) atoms. The molecular weight excluding hydrogens is 343 g/mol. The Balaban J connectivity index is 1.65. The SMILES string of the molecule is CC(C(=O)N(C)c1ccccc1)N1CCN(c2cccc(F)c2C#N)CC1. The quantitative estimate of drug-likeness (QED) is 0.835. The Morgan fingerprint density at radius 2 is 1.78 bits per heavy atom. The molecule has 0 spiro atoms. The predicted octanol–water partition coefficient (Wildman–Crippen LogP) is 2.87.